The number of alkyl carbamates (subject to hydrolysis) is 2. The molecule has 43 heavy (non-hydrogen) atoms. The van der Waals surface area contributed by atoms with Crippen LogP contribution in [0.3, 0.4) is 0 Å². The average molecular weight is 598 g/mol. The number of hydrogen-bond acceptors (Lipinski definition) is 7. The van der Waals surface area contributed by atoms with Gasteiger partial charge in [-0.05, 0) is 68.7 Å². The van der Waals surface area contributed by atoms with E-state index in [4.69, 9.17) is 14.6 Å². The second kappa shape index (κ2) is 15.0. The Kier molecular flexibility index (Phi) is 11.5. The third kappa shape index (κ3) is 10.0. The van der Waals surface area contributed by atoms with Crippen molar-refractivity contribution in [3.63, 3.8) is 0 Å². The van der Waals surface area contributed by atoms with Crippen molar-refractivity contribution in [2.75, 3.05) is 13.2 Å². The minimum Gasteiger partial charge on any atom is -0.481 e. The summed E-state index contributed by atoms with van der Waals surface area (Å²) in [5.74, 6) is -3.58. The van der Waals surface area contributed by atoms with Crippen molar-refractivity contribution in [2.24, 2.45) is 0 Å². The van der Waals surface area contributed by atoms with Crippen LogP contribution in [0.2, 0.25) is 0 Å². The van der Waals surface area contributed by atoms with Crippen molar-refractivity contribution in [3.8, 4) is 11.1 Å². The number of carboxylic acid groups (broad SMARTS) is 2. The number of rotatable bonds is 14. The maximum atomic E-state index is 13.1. The van der Waals surface area contributed by atoms with Crippen LogP contribution >= 0.6 is 0 Å². The number of carboxylic acids is 2. The van der Waals surface area contributed by atoms with Crippen LogP contribution in [0.25, 0.3) is 11.1 Å². The van der Waals surface area contributed by atoms with E-state index in [0.29, 0.717) is 12.8 Å². The van der Waals surface area contributed by atoms with E-state index < -0.39 is 54.1 Å². The first-order chi connectivity index (χ1) is 20.4. The predicted molar refractivity (Wildman–Crippen MR) is 157 cm³/mol. The third-order valence-electron chi connectivity index (χ3n) is 6.80. The highest BCUT2D eigenvalue weighted by Gasteiger charge is 2.31. The quantitative estimate of drug-likeness (QED) is 0.201. The molecule has 0 unspecified atom stereocenters. The van der Waals surface area contributed by atoms with E-state index in [1.165, 1.54) is 0 Å². The minimum atomic E-state index is -1.45. The summed E-state index contributed by atoms with van der Waals surface area (Å²) in [6.45, 7) is 5.50. The largest absolute Gasteiger partial charge is 0.481 e. The lowest BCUT2D eigenvalue weighted by Crippen LogP contribution is -2.51. The number of fused-ring (bicyclic) bond motifs is 3. The Morgan fingerprint density at radius 3 is 1.98 bits per heavy atom. The van der Waals surface area contributed by atoms with Crippen molar-refractivity contribution in [2.45, 2.75) is 76.5 Å². The first-order valence-corrected chi connectivity index (χ1v) is 14.2. The van der Waals surface area contributed by atoms with Crippen molar-refractivity contribution >= 4 is 30.0 Å². The number of benzene rings is 2. The Bertz CT molecular complexity index is 1280. The number of nitrogens with one attached hydrogen (secondary N) is 3. The molecule has 12 heteroatoms. The van der Waals surface area contributed by atoms with E-state index in [1.807, 2.05) is 48.5 Å². The molecule has 0 aromatic heterocycles. The molecule has 0 fully saturated rings. The molecule has 2 aromatic rings. The SMILES string of the molecule is CC(C)(C)OC(=O)NCCCC[C@H](NC(=O)OCC1c2ccccc2-c2ccccc21)C(=O)N[C@@H](CCC(=O)O)C(=O)O. The van der Waals surface area contributed by atoms with Crippen LogP contribution < -0.4 is 16.0 Å². The fourth-order valence-electron chi connectivity index (χ4n) is 4.83. The van der Waals surface area contributed by atoms with Crippen LogP contribution in [0, 0.1) is 0 Å². The summed E-state index contributed by atoms with van der Waals surface area (Å²) in [4.78, 5) is 60.4. The molecule has 0 spiro atoms. The van der Waals surface area contributed by atoms with Gasteiger partial charge >= 0.3 is 24.1 Å². The normalized spacial score (nSPS) is 13.6. The molecule has 12 nitrogen and oxygen atoms in total. The Hall–Kier alpha value is -4.61. The van der Waals surface area contributed by atoms with Crippen LogP contribution in [-0.2, 0) is 23.9 Å². The molecule has 0 aliphatic heterocycles. The van der Waals surface area contributed by atoms with E-state index in [9.17, 15) is 29.1 Å². The molecule has 3 amide bonds. The summed E-state index contributed by atoms with van der Waals surface area (Å²) in [7, 11) is 0. The molecule has 2 atom stereocenters. The smallest absolute Gasteiger partial charge is 0.407 e. The zero-order valence-electron chi connectivity index (χ0n) is 24.6. The molecule has 0 saturated heterocycles. The third-order valence-corrected chi connectivity index (χ3v) is 6.80. The lowest BCUT2D eigenvalue weighted by atomic mass is 9.98. The Labute approximate surface area is 250 Å². The Morgan fingerprint density at radius 1 is 0.814 bits per heavy atom. The van der Waals surface area contributed by atoms with E-state index in [2.05, 4.69) is 16.0 Å². The molecule has 0 bridgehead atoms. The maximum Gasteiger partial charge on any atom is 0.407 e. The number of amides is 3. The van der Waals surface area contributed by atoms with Crippen molar-refractivity contribution in [1.29, 1.82) is 0 Å². The number of unbranched alkanes of at least 4 members (excludes halogenated alkanes) is 1. The first-order valence-electron chi connectivity index (χ1n) is 14.2. The molecule has 1 aliphatic rings. The Balaban J connectivity index is 1.62. The van der Waals surface area contributed by atoms with Gasteiger partial charge in [0.1, 0.15) is 24.3 Å². The van der Waals surface area contributed by atoms with Crippen LogP contribution in [-0.4, -0.2) is 71.1 Å². The van der Waals surface area contributed by atoms with Gasteiger partial charge in [0, 0.05) is 18.9 Å². The number of ether oxygens (including phenoxy) is 2. The molecule has 1 aliphatic carbocycles. The highest BCUT2D eigenvalue weighted by Crippen LogP contribution is 2.44. The van der Waals surface area contributed by atoms with Gasteiger partial charge in [-0.15, -0.1) is 0 Å². The zero-order valence-corrected chi connectivity index (χ0v) is 24.6. The fourth-order valence-corrected chi connectivity index (χ4v) is 4.83. The van der Waals surface area contributed by atoms with E-state index >= 15 is 0 Å². The lowest BCUT2D eigenvalue weighted by Gasteiger charge is -2.22. The zero-order chi connectivity index (χ0) is 31.6. The molecular formula is C31H39N3O9. The predicted octanol–water partition coefficient (Wildman–Crippen LogP) is 4.02. The van der Waals surface area contributed by atoms with Gasteiger partial charge in [-0.1, -0.05) is 48.5 Å². The highest BCUT2D eigenvalue weighted by molar-refractivity contribution is 5.89. The van der Waals surface area contributed by atoms with Gasteiger partial charge in [-0.3, -0.25) is 9.59 Å². The summed E-state index contributed by atoms with van der Waals surface area (Å²) >= 11 is 0. The van der Waals surface area contributed by atoms with Gasteiger partial charge < -0.3 is 35.6 Å². The van der Waals surface area contributed by atoms with Crippen LogP contribution in [0.5, 0.6) is 0 Å². The van der Waals surface area contributed by atoms with Gasteiger partial charge in [0.05, 0.1) is 0 Å². The first kappa shape index (κ1) is 32.9. The summed E-state index contributed by atoms with van der Waals surface area (Å²) in [6.07, 6.45) is -1.29. The average Bonchev–Trinajstić information content (AvgIpc) is 3.25. The highest BCUT2D eigenvalue weighted by atomic mass is 16.6. The van der Waals surface area contributed by atoms with Gasteiger partial charge in [0.15, 0.2) is 0 Å². The number of carbonyl (C=O) groups excluding carboxylic acids is 3. The number of hydrogen-bond donors (Lipinski definition) is 5. The van der Waals surface area contributed by atoms with Crippen molar-refractivity contribution in [3.05, 3.63) is 59.7 Å². The molecular weight excluding hydrogens is 558 g/mol. The maximum absolute atomic E-state index is 13.1. The molecule has 0 saturated carbocycles. The van der Waals surface area contributed by atoms with Crippen molar-refractivity contribution in [1.82, 2.24) is 16.0 Å². The van der Waals surface area contributed by atoms with Gasteiger partial charge in [0.2, 0.25) is 5.91 Å². The van der Waals surface area contributed by atoms with Crippen LogP contribution in [0.1, 0.15) is 69.9 Å². The summed E-state index contributed by atoms with van der Waals surface area (Å²) in [5, 5.41) is 25.9. The van der Waals surface area contributed by atoms with E-state index in [1.54, 1.807) is 20.8 Å². The Morgan fingerprint density at radius 2 is 1.42 bits per heavy atom. The monoisotopic (exact) mass is 597 g/mol. The minimum absolute atomic E-state index is 0.0182. The van der Waals surface area contributed by atoms with Crippen molar-refractivity contribution < 1.29 is 43.7 Å². The number of carbonyl (C=O) groups is 5. The number of aliphatic carboxylic acids is 2. The fraction of sp³-hybridized carbons (Fsp3) is 0.452. The van der Waals surface area contributed by atoms with E-state index in [-0.39, 0.29) is 31.9 Å². The van der Waals surface area contributed by atoms with Gasteiger partial charge in [-0.2, -0.15) is 0 Å². The molecule has 2 aromatic carbocycles. The second-order valence-corrected chi connectivity index (χ2v) is 11.3. The summed E-state index contributed by atoms with van der Waals surface area (Å²) in [6, 6.07) is 13.1. The molecule has 0 heterocycles. The topological polar surface area (TPSA) is 180 Å². The standard InChI is InChI=1S/C31H39N3O9/c1-31(2,3)43-29(40)32-17-9-8-14-24(27(37)33-25(28(38)39)15-16-26(35)36)34-30(41)42-18-23-21-12-6-4-10-19(21)20-11-5-7-13-22(20)23/h4-7,10-13,23-25H,8-9,14-18H2,1-3H3,(H,32,40)(H,33,37)(H,34,41)(H,35,36)(H,38,39)/t24-,25-/m0/s1. The molecule has 3 rings (SSSR count). The lowest BCUT2D eigenvalue weighted by molar-refractivity contribution is -0.143. The molecule has 232 valence electrons. The van der Waals surface area contributed by atoms with Crippen LogP contribution in [0.4, 0.5) is 9.59 Å². The van der Waals surface area contributed by atoms with Crippen LogP contribution in [0.15, 0.2) is 48.5 Å². The summed E-state index contributed by atoms with van der Waals surface area (Å²) in [5.41, 5.74) is 3.51. The van der Waals surface area contributed by atoms with Gasteiger partial charge in [-0.25, -0.2) is 14.4 Å². The molecule has 0 radical (unpaired) electrons. The summed E-state index contributed by atoms with van der Waals surface area (Å²) < 4.78 is 10.7. The molecule has 5 N–H and O–H groups in total. The van der Waals surface area contributed by atoms with Gasteiger partial charge in [0.25, 0.3) is 0 Å². The van der Waals surface area contributed by atoms with E-state index in [0.717, 1.165) is 22.3 Å². The second-order valence-electron chi connectivity index (χ2n) is 11.3.